The van der Waals surface area contributed by atoms with E-state index in [0.29, 0.717) is 13.0 Å². The van der Waals surface area contributed by atoms with Crippen LogP contribution in [0.5, 0.6) is 0 Å². The minimum atomic E-state index is -0.681. The monoisotopic (exact) mass is 294 g/mol. The number of hydrogen-bond donors (Lipinski definition) is 0. The first-order valence-corrected chi connectivity index (χ1v) is 7.42. The first-order chi connectivity index (χ1) is 9.92. The fourth-order valence-corrected chi connectivity index (χ4v) is 4.56. The normalized spacial score (nSPS) is 45.0. The van der Waals surface area contributed by atoms with Gasteiger partial charge in [-0.1, -0.05) is 11.6 Å². The molecule has 0 aromatic rings. The van der Waals surface area contributed by atoms with E-state index in [0.717, 1.165) is 0 Å². The van der Waals surface area contributed by atoms with Crippen LogP contribution in [0.25, 0.3) is 0 Å². The average Bonchev–Trinajstić information content (AvgIpc) is 2.98. The molecule has 5 heteroatoms. The number of ether oxygens (including phenoxy) is 3. The summed E-state index contributed by atoms with van der Waals surface area (Å²) in [4.78, 5) is 24.5. The molecular weight excluding hydrogens is 272 g/mol. The van der Waals surface area contributed by atoms with Crippen molar-refractivity contribution >= 4 is 11.8 Å². The molecule has 1 saturated carbocycles. The SMILES string of the molecule is COC(=O)[C@@H]1C[C@@H]2C=C(C)[C@@H]3[C@@H](CO[C@]3(C)OC)[C@@H]2C1=O. The van der Waals surface area contributed by atoms with Crippen molar-refractivity contribution in [3.8, 4) is 0 Å². The Kier molecular flexibility index (Phi) is 3.45. The zero-order valence-electron chi connectivity index (χ0n) is 12.9. The van der Waals surface area contributed by atoms with Crippen LogP contribution in [0.15, 0.2) is 11.6 Å². The Labute approximate surface area is 124 Å². The number of methoxy groups -OCH3 is 2. The van der Waals surface area contributed by atoms with Crippen LogP contribution < -0.4 is 0 Å². The molecule has 5 nitrogen and oxygen atoms in total. The van der Waals surface area contributed by atoms with Crippen LogP contribution in [0.2, 0.25) is 0 Å². The molecule has 0 aromatic carbocycles. The minimum Gasteiger partial charge on any atom is -0.468 e. The number of allylic oxidation sites excluding steroid dienone is 1. The summed E-state index contributed by atoms with van der Waals surface area (Å²) < 4.78 is 16.2. The van der Waals surface area contributed by atoms with E-state index in [4.69, 9.17) is 14.2 Å². The van der Waals surface area contributed by atoms with Crippen molar-refractivity contribution in [3.63, 3.8) is 0 Å². The van der Waals surface area contributed by atoms with E-state index in [-0.39, 0.29) is 29.5 Å². The lowest BCUT2D eigenvalue weighted by molar-refractivity contribution is -0.196. The number of esters is 1. The molecule has 116 valence electrons. The Bertz CT molecular complexity index is 511. The largest absolute Gasteiger partial charge is 0.468 e. The number of fused-ring (bicyclic) bond motifs is 3. The fraction of sp³-hybridized carbons (Fsp3) is 0.750. The fourth-order valence-electron chi connectivity index (χ4n) is 4.56. The third-order valence-electron chi connectivity index (χ3n) is 5.52. The van der Waals surface area contributed by atoms with Crippen molar-refractivity contribution in [2.45, 2.75) is 26.1 Å². The van der Waals surface area contributed by atoms with Crippen molar-refractivity contribution in [2.75, 3.05) is 20.8 Å². The predicted molar refractivity (Wildman–Crippen MR) is 74.2 cm³/mol. The first kappa shape index (κ1) is 14.7. The standard InChI is InChI=1S/C16H22O5/c1-8-5-9-6-10(15(18)19-3)14(17)12(9)11-7-21-16(2,20-4)13(8)11/h5,9-13H,6-7H2,1-4H3/t9-,10+,11-,12+,13+,16-/m0/s1. The van der Waals surface area contributed by atoms with Gasteiger partial charge in [0.15, 0.2) is 11.6 Å². The van der Waals surface area contributed by atoms with E-state index in [1.807, 2.05) is 6.92 Å². The maximum absolute atomic E-state index is 12.7. The van der Waals surface area contributed by atoms with Crippen LogP contribution >= 0.6 is 0 Å². The minimum absolute atomic E-state index is 0.00885. The maximum Gasteiger partial charge on any atom is 0.316 e. The number of rotatable bonds is 2. The number of carbonyl (C=O) groups is 2. The molecule has 0 aromatic heterocycles. The average molecular weight is 294 g/mol. The van der Waals surface area contributed by atoms with E-state index in [9.17, 15) is 9.59 Å². The third-order valence-corrected chi connectivity index (χ3v) is 5.52. The van der Waals surface area contributed by atoms with Crippen molar-refractivity contribution in [1.29, 1.82) is 0 Å². The highest BCUT2D eigenvalue weighted by Gasteiger charge is 2.59. The number of carbonyl (C=O) groups excluding carboxylic acids is 2. The van der Waals surface area contributed by atoms with Gasteiger partial charge in [-0.3, -0.25) is 9.59 Å². The second kappa shape index (κ2) is 4.92. The Morgan fingerprint density at radius 3 is 2.76 bits per heavy atom. The van der Waals surface area contributed by atoms with E-state index in [2.05, 4.69) is 13.0 Å². The molecule has 21 heavy (non-hydrogen) atoms. The molecule has 3 aliphatic rings. The Hall–Kier alpha value is -1.20. The summed E-state index contributed by atoms with van der Waals surface area (Å²) in [5.74, 6) is -1.58. The van der Waals surface area contributed by atoms with Crippen molar-refractivity contribution in [1.82, 2.24) is 0 Å². The lowest BCUT2D eigenvalue weighted by atomic mass is 9.67. The van der Waals surface area contributed by atoms with Gasteiger partial charge < -0.3 is 14.2 Å². The molecule has 1 heterocycles. The smallest absolute Gasteiger partial charge is 0.316 e. The van der Waals surface area contributed by atoms with Gasteiger partial charge in [0.25, 0.3) is 0 Å². The van der Waals surface area contributed by atoms with Crippen LogP contribution in [0.1, 0.15) is 20.3 Å². The number of ketones is 1. The third kappa shape index (κ3) is 1.98. The van der Waals surface area contributed by atoms with Gasteiger partial charge >= 0.3 is 5.97 Å². The van der Waals surface area contributed by atoms with Crippen LogP contribution in [-0.4, -0.2) is 38.4 Å². The van der Waals surface area contributed by atoms with Crippen LogP contribution in [0, 0.1) is 29.6 Å². The Morgan fingerprint density at radius 1 is 1.43 bits per heavy atom. The Morgan fingerprint density at radius 2 is 2.14 bits per heavy atom. The maximum atomic E-state index is 12.7. The summed E-state index contributed by atoms with van der Waals surface area (Å²) in [5, 5.41) is 0. The predicted octanol–water partition coefficient (Wildman–Crippen LogP) is 1.57. The van der Waals surface area contributed by atoms with Gasteiger partial charge in [0.1, 0.15) is 5.92 Å². The van der Waals surface area contributed by atoms with Gasteiger partial charge in [0.05, 0.1) is 13.7 Å². The summed E-state index contributed by atoms with van der Waals surface area (Å²) in [6.07, 6.45) is 2.69. The Balaban J connectivity index is 1.94. The van der Waals surface area contributed by atoms with Gasteiger partial charge in [-0.15, -0.1) is 0 Å². The highest BCUT2D eigenvalue weighted by atomic mass is 16.7. The summed E-state index contributed by atoms with van der Waals surface area (Å²) in [5.41, 5.74) is 1.20. The van der Waals surface area contributed by atoms with E-state index < -0.39 is 17.7 Å². The lowest BCUT2D eigenvalue weighted by Gasteiger charge is -2.38. The van der Waals surface area contributed by atoms with Gasteiger partial charge in [0, 0.05) is 24.9 Å². The first-order valence-electron chi connectivity index (χ1n) is 7.42. The molecule has 0 bridgehead atoms. The van der Waals surface area contributed by atoms with Crippen molar-refractivity contribution < 1.29 is 23.8 Å². The molecule has 0 radical (unpaired) electrons. The van der Waals surface area contributed by atoms with E-state index >= 15 is 0 Å². The van der Waals surface area contributed by atoms with E-state index in [1.165, 1.54) is 12.7 Å². The molecule has 0 spiro atoms. The number of Topliss-reactive ketones (excluding diaryl/α,β-unsaturated/α-hetero) is 1. The van der Waals surface area contributed by atoms with Gasteiger partial charge in [0.2, 0.25) is 0 Å². The quantitative estimate of drug-likeness (QED) is 0.439. The van der Waals surface area contributed by atoms with Gasteiger partial charge in [-0.2, -0.15) is 0 Å². The van der Waals surface area contributed by atoms with Crippen LogP contribution in [0.4, 0.5) is 0 Å². The molecular formula is C16H22O5. The van der Waals surface area contributed by atoms with E-state index in [1.54, 1.807) is 7.11 Å². The number of hydrogen-bond acceptors (Lipinski definition) is 5. The van der Waals surface area contributed by atoms with Crippen molar-refractivity contribution in [3.05, 3.63) is 11.6 Å². The lowest BCUT2D eigenvalue weighted by Crippen LogP contribution is -2.42. The molecule has 1 aliphatic heterocycles. The van der Waals surface area contributed by atoms with Crippen LogP contribution in [-0.2, 0) is 23.8 Å². The van der Waals surface area contributed by atoms with Gasteiger partial charge in [-0.25, -0.2) is 0 Å². The highest BCUT2D eigenvalue weighted by Crippen LogP contribution is 2.54. The highest BCUT2D eigenvalue weighted by molar-refractivity contribution is 6.02. The molecule has 6 atom stereocenters. The zero-order chi connectivity index (χ0) is 15.4. The molecule has 0 amide bonds. The summed E-state index contributed by atoms with van der Waals surface area (Å²) in [7, 11) is 2.97. The molecule has 1 saturated heterocycles. The summed E-state index contributed by atoms with van der Waals surface area (Å²) >= 11 is 0. The second-order valence-electron chi connectivity index (χ2n) is 6.49. The molecule has 0 N–H and O–H groups in total. The molecule has 3 rings (SSSR count). The summed E-state index contributed by atoms with van der Waals surface area (Å²) in [6, 6.07) is 0. The topological polar surface area (TPSA) is 61.8 Å². The zero-order valence-corrected chi connectivity index (χ0v) is 12.9. The molecule has 0 unspecified atom stereocenters. The van der Waals surface area contributed by atoms with Gasteiger partial charge in [-0.05, 0) is 26.2 Å². The van der Waals surface area contributed by atoms with Crippen LogP contribution in [0.3, 0.4) is 0 Å². The van der Waals surface area contributed by atoms with Crippen molar-refractivity contribution in [2.24, 2.45) is 29.6 Å². The second-order valence-corrected chi connectivity index (χ2v) is 6.49. The summed E-state index contributed by atoms with van der Waals surface area (Å²) in [6.45, 7) is 4.49. The molecule has 2 aliphatic carbocycles. The molecule has 2 fully saturated rings.